The van der Waals surface area contributed by atoms with Gasteiger partial charge in [0.1, 0.15) is 12.1 Å². The predicted octanol–water partition coefficient (Wildman–Crippen LogP) is 9.85. The van der Waals surface area contributed by atoms with Crippen LogP contribution >= 0.6 is 16.5 Å². The van der Waals surface area contributed by atoms with Crippen molar-refractivity contribution in [3.8, 4) is 17.2 Å². The molecule has 5 rings (SSSR count). The molecule has 0 aromatic heterocycles. The number of hydrogen-bond donors (Lipinski definition) is 3. The van der Waals surface area contributed by atoms with Gasteiger partial charge in [0, 0.05) is 47.3 Å². The standard InChI is InChI=1S/C16H24O5P.C12H9NO5P.C10H20O3.2C6H13NO2/c1-12-15(3,4)13(2)20-16(12,18-5)11-19-22(17)21-14-9-7-6-8-10-14;14-13(15)10-6-8-12(9-7-10)18-19(16)17-11-4-2-1-3-5-11;1-7-9(3,4)8(2)13-10(7,6-11)12-5;2*1-4(2)9-6(8)5(3)7/h6-10,12-13H,11H2,1-5H3;1-9H;7-8,11H,6H2,1-5H3;2*4-5H,7H2,1-3H3/q2*+1;;;/t12-,13-,16+;;7-,8-,10+;2*5-/m0.011/s1. The number of carbonyl (C=O) groups is 2. The van der Waals surface area contributed by atoms with Crippen LogP contribution in [0.4, 0.5) is 5.69 Å². The average Bonchev–Trinajstić information content (AvgIpc) is 3.61. The fraction of sp³-hybridized carbons (Fsp3) is 0.600. The van der Waals surface area contributed by atoms with E-state index in [9.17, 15) is 33.9 Å². The Morgan fingerprint density at radius 1 is 0.639 bits per heavy atom. The van der Waals surface area contributed by atoms with Gasteiger partial charge in [-0.05, 0) is 103 Å². The summed E-state index contributed by atoms with van der Waals surface area (Å²) in [6, 6.07) is 21.7. The van der Waals surface area contributed by atoms with Crippen molar-refractivity contribution in [3.63, 3.8) is 0 Å². The van der Waals surface area contributed by atoms with Gasteiger partial charge in [-0.3, -0.25) is 19.7 Å². The molecule has 0 aliphatic carbocycles. The monoisotopic (exact) mass is 1060 g/mol. The first-order valence-electron chi connectivity index (χ1n) is 23.4. The second-order valence-electron chi connectivity index (χ2n) is 18.7. The molecule has 0 bridgehead atoms. The number of aliphatic hydroxyl groups is 1. The van der Waals surface area contributed by atoms with Crippen molar-refractivity contribution < 1.29 is 75.3 Å². The minimum absolute atomic E-state index is 0.0129. The summed E-state index contributed by atoms with van der Waals surface area (Å²) in [5, 5.41) is 19.7. The molecule has 3 aromatic rings. The molecule has 3 aromatic carbocycles. The molecule has 0 amide bonds. The molecule has 2 fully saturated rings. The number of methoxy groups -OCH3 is 2. The molecule has 0 saturated carbocycles. The van der Waals surface area contributed by atoms with Gasteiger partial charge < -0.3 is 45.0 Å². The van der Waals surface area contributed by atoms with E-state index in [0.717, 1.165) is 0 Å². The van der Waals surface area contributed by atoms with Crippen LogP contribution in [0.3, 0.4) is 0 Å². The highest BCUT2D eigenvalue weighted by atomic mass is 31.1. The minimum atomic E-state index is -2.38. The summed E-state index contributed by atoms with van der Waals surface area (Å²) in [4.78, 5) is 31.1. The first-order valence-corrected chi connectivity index (χ1v) is 25.6. The fourth-order valence-corrected chi connectivity index (χ4v) is 7.82. The summed E-state index contributed by atoms with van der Waals surface area (Å²) in [7, 11) is -1.50. The first kappa shape index (κ1) is 65.3. The van der Waals surface area contributed by atoms with Gasteiger partial charge in [0.2, 0.25) is 0 Å². The number of aliphatic hydroxyl groups excluding tert-OH is 1. The number of nitrogens with two attached hydrogens (primary N) is 2. The number of hydrogen-bond acceptors (Lipinski definition) is 19. The van der Waals surface area contributed by atoms with Gasteiger partial charge in [-0.2, -0.15) is 0 Å². The molecule has 0 radical (unpaired) electrons. The summed E-state index contributed by atoms with van der Waals surface area (Å²) in [6.45, 7) is 27.0. The number of benzene rings is 3. The second-order valence-corrected chi connectivity index (χ2v) is 20.4. The number of esters is 2. The first-order chi connectivity index (χ1) is 33.4. The SMILES string of the molecule is CC(C)OC(=O)[C@@H](C)N.CC(C)OC(=O)[C@@H](C)N.CO[C@]1(CO)O[C@@H](C)C(C)(C)[C@@H]1C.CO[C@]1(CO[P+](=O)Oc2ccccc2)O[C@@H](C)C(C)(C)[C@@H]1C.O=[N+]([O-])c1ccc(O[P+](=O)Oc2ccccc2)cc1. The van der Waals surface area contributed by atoms with Crippen LogP contribution in [-0.4, -0.2) is 97.5 Å². The quantitative estimate of drug-likeness (QED) is 0.0491. The predicted molar refractivity (Wildman–Crippen MR) is 272 cm³/mol. The lowest BCUT2D eigenvalue weighted by Gasteiger charge is -2.32. The van der Waals surface area contributed by atoms with Gasteiger partial charge in [0.05, 0.1) is 35.9 Å². The average molecular weight is 1060 g/mol. The van der Waals surface area contributed by atoms with Crippen LogP contribution in [0.25, 0.3) is 0 Å². The summed E-state index contributed by atoms with van der Waals surface area (Å²) in [5.74, 6) is -0.964. The van der Waals surface area contributed by atoms with Crippen LogP contribution in [0.15, 0.2) is 84.9 Å². The number of rotatable bonds is 17. The lowest BCUT2D eigenvalue weighted by atomic mass is 9.75. The third kappa shape index (κ3) is 20.7. The van der Waals surface area contributed by atoms with Gasteiger partial charge in [-0.25, -0.2) is 13.6 Å². The van der Waals surface area contributed by atoms with Gasteiger partial charge in [0.25, 0.3) is 5.69 Å². The maximum absolute atomic E-state index is 12.0. The van der Waals surface area contributed by atoms with E-state index < -0.39 is 45.1 Å². The van der Waals surface area contributed by atoms with Crippen molar-refractivity contribution in [2.24, 2.45) is 34.1 Å². The molecule has 2 aliphatic rings. The number of nitrogens with zero attached hydrogens (tertiary/aromatic N) is 1. The Balaban J connectivity index is 0.000000472. The van der Waals surface area contributed by atoms with Crippen molar-refractivity contribution in [2.45, 2.75) is 145 Å². The molecule has 0 spiro atoms. The highest BCUT2D eigenvalue weighted by Crippen LogP contribution is 2.51. The molecule has 20 nitrogen and oxygen atoms in total. The van der Waals surface area contributed by atoms with Crippen LogP contribution in [0.2, 0.25) is 0 Å². The van der Waals surface area contributed by atoms with Crippen molar-refractivity contribution in [2.75, 3.05) is 27.4 Å². The van der Waals surface area contributed by atoms with E-state index in [1.165, 1.54) is 24.3 Å². The van der Waals surface area contributed by atoms with Gasteiger partial charge in [-0.15, -0.1) is 4.52 Å². The molecule has 2 heterocycles. The number of carbonyl (C=O) groups excluding carboxylic acids is 2. The summed E-state index contributed by atoms with van der Waals surface area (Å²) < 4.78 is 76.3. The Bertz CT molecular complexity index is 2080. The molecule has 2 aliphatic heterocycles. The summed E-state index contributed by atoms with van der Waals surface area (Å²) in [5.41, 5.74) is 10.3. The van der Waals surface area contributed by atoms with Crippen molar-refractivity contribution in [1.82, 2.24) is 0 Å². The van der Waals surface area contributed by atoms with E-state index in [1.807, 2.05) is 32.0 Å². The van der Waals surface area contributed by atoms with Crippen molar-refractivity contribution in [1.29, 1.82) is 0 Å². The Morgan fingerprint density at radius 3 is 1.25 bits per heavy atom. The van der Waals surface area contributed by atoms with Crippen molar-refractivity contribution >= 4 is 34.1 Å². The zero-order valence-electron chi connectivity index (χ0n) is 44.6. The maximum atomic E-state index is 12.0. The van der Waals surface area contributed by atoms with Gasteiger partial charge >= 0.3 is 28.4 Å². The van der Waals surface area contributed by atoms with E-state index in [0.29, 0.717) is 11.5 Å². The molecule has 2 unspecified atom stereocenters. The van der Waals surface area contributed by atoms with Gasteiger partial charge in [0.15, 0.2) is 35.4 Å². The molecular formula is C50H79N3O17P2+2. The Morgan fingerprint density at radius 2 is 0.986 bits per heavy atom. The molecule has 404 valence electrons. The molecule has 72 heavy (non-hydrogen) atoms. The number of para-hydroxylation sites is 2. The number of ether oxygens (including phenoxy) is 6. The zero-order valence-corrected chi connectivity index (χ0v) is 46.4. The Kier molecular flexibility index (Phi) is 27.6. The van der Waals surface area contributed by atoms with E-state index >= 15 is 0 Å². The molecule has 10 atom stereocenters. The summed E-state index contributed by atoms with van der Waals surface area (Å²) >= 11 is 0. The van der Waals surface area contributed by atoms with E-state index in [4.69, 9.17) is 58.0 Å². The van der Waals surface area contributed by atoms with Crippen LogP contribution in [0.5, 0.6) is 17.2 Å². The molecule has 2 saturated heterocycles. The normalized spacial score (nSPS) is 23.6. The number of nitro groups is 1. The van der Waals surface area contributed by atoms with Gasteiger partial charge in [-0.1, -0.05) is 77.9 Å². The molecular weight excluding hydrogens is 977 g/mol. The van der Waals surface area contributed by atoms with Crippen LogP contribution < -0.4 is 25.0 Å². The molecule has 22 heteroatoms. The minimum Gasteiger partial charge on any atom is -0.462 e. The van der Waals surface area contributed by atoms with E-state index in [2.05, 4.69) is 41.5 Å². The van der Waals surface area contributed by atoms with Crippen LogP contribution in [0, 0.1) is 32.8 Å². The van der Waals surface area contributed by atoms with Crippen LogP contribution in [-0.2, 0) is 51.7 Å². The maximum Gasteiger partial charge on any atom is 0.805 e. The lowest BCUT2D eigenvalue weighted by molar-refractivity contribution is -0.384. The summed E-state index contributed by atoms with van der Waals surface area (Å²) in [6.07, 6.45) is -0.0134. The highest BCUT2D eigenvalue weighted by Gasteiger charge is 2.58. The Hall–Kier alpha value is -4.72. The topological polar surface area (TPSA) is 276 Å². The van der Waals surface area contributed by atoms with E-state index in [1.54, 1.807) is 98.2 Å². The zero-order chi connectivity index (χ0) is 55.2. The number of non-ortho nitro benzene ring substituents is 1. The third-order valence-electron chi connectivity index (χ3n) is 12.2. The Labute approximate surface area is 427 Å². The second kappa shape index (κ2) is 30.5. The smallest absolute Gasteiger partial charge is 0.462 e. The molecule has 5 N–H and O–H groups in total. The van der Waals surface area contributed by atoms with E-state index in [-0.39, 0.29) is 83.7 Å². The number of nitro benzene ring substituents is 1. The third-order valence-corrected chi connectivity index (χ3v) is 13.6. The highest BCUT2D eigenvalue weighted by molar-refractivity contribution is 7.34. The van der Waals surface area contributed by atoms with Crippen molar-refractivity contribution in [3.05, 3.63) is 95.0 Å². The van der Waals surface area contributed by atoms with Crippen LogP contribution in [0.1, 0.15) is 96.9 Å². The lowest BCUT2D eigenvalue weighted by Crippen LogP contribution is -2.43. The largest absolute Gasteiger partial charge is 0.805 e. The fourth-order valence-electron chi connectivity index (χ4n) is 6.57.